The number of hydrogen-bond donors (Lipinski definition) is 2. The van der Waals surface area contributed by atoms with Crippen molar-refractivity contribution in [3.63, 3.8) is 0 Å². The van der Waals surface area contributed by atoms with E-state index in [0.717, 1.165) is 173 Å². The van der Waals surface area contributed by atoms with Crippen molar-refractivity contribution in [1.82, 2.24) is 28.7 Å². The van der Waals surface area contributed by atoms with Crippen molar-refractivity contribution in [2.24, 2.45) is 29.4 Å². The predicted molar refractivity (Wildman–Crippen MR) is 639 cm³/mol. The Morgan fingerprint density at radius 3 is 1.11 bits per heavy atom. The molecule has 123 heavy (non-hydrogen) atoms. The van der Waals surface area contributed by atoms with Gasteiger partial charge < -0.3 is 40.4 Å². The molecule has 6 heterocycles. The van der Waals surface area contributed by atoms with Crippen LogP contribution in [0.5, 0.6) is 23.0 Å². The number of fused-ring (bicyclic) bond motifs is 2. The molecule has 18 nitrogen and oxygen atoms in total. The minimum absolute atomic E-state index is 0. The number of carbonyl (C=O) groups is 5. The summed E-state index contributed by atoms with van der Waals surface area (Å²) < 4.78 is 769. The number of nitrogens with two attached hydrogens (primary N) is 1. The zero-order valence-electron chi connectivity index (χ0n) is 221. The second-order valence-electron chi connectivity index (χ2n) is 34.3. The second kappa shape index (κ2) is 43.5. The summed E-state index contributed by atoms with van der Waals surface area (Å²) in [5.41, 5.74) is 22.9. The van der Waals surface area contributed by atoms with E-state index in [1.54, 1.807) is 34.8 Å². The molecular weight excluding hydrogens is 1640 g/mol. The van der Waals surface area contributed by atoms with Crippen molar-refractivity contribution in [2.75, 3.05) is 28.4 Å². The molecule has 3 radical (unpaired) electrons. The van der Waals surface area contributed by atoms with Gasteiger partial charge in [-0.3, -0.25) is 28.4 Å². The van der Waals surface area contributed by atoms with Crippen molar-refractivity contribution in [2.45, 2.75) is 241 Å². The third kappa shape index (κ3) is 23.3. The first-order chi connectivity index (χ1) is 133. The first-order valence-electron chi connectivity index (χ1n) is 118. The first kappa shape index (κ1) is 37.4. The van der Waals surface area contributed by atoms with Gasteiger partial charge in [-0.15, -0.1) is 0 Å². The maximum Gasteiger partial charge on any atom is 1.00 e. The number of pyridine rings is 4. The van der Waals surface area contributed by atoms with Crippen molar-refractivity contribution in [3.8, 4) is 23.0 Å². The SMILES string of the molecule is CC(=O)OC(C)=O.CCc1ccc(C2CC2)c(C(=O)C2CCC(c3ccc(OC)c(Cl)c3)CC2)n1.COc1ccc(C2CCC(C(=O)c3c(C4CC4)ccc4cncn34)CC2)cc1Cl.COc1ccc(C2CCC(C(=O)c3nc(CN)ccc3C3CC3)CC2)cc1Cl.COc1ccc(C2CCC(C(O)c3c(C4CC4)ccc4cncn34)CC2)cc1Cl.[2H][2H].[2H][2H].[2H][2H].[2H][2H].[2H][2H].[2H][2H].[2H][2H].[2H][2H].[2H][2H].[2H][2H].[2H][2H].[2H][2H].[2H][2H].[2H][2H].[2H][2H].[2H][2H].[2H][2H].[2H][2H].[2H][2H].[2H][2H].[2H][2H].[2H][2H].[2H][2H].[2H][2H].[2H][2H].[2H][2H].[2H][2H].[2H][2H].[2H][2H].[2H][2H].[2H][2H].[2H][2H].[2H][2H].[2H][2H].[2H][2H].[2H][2H].[2H][2H].[2H][2H].[2H][2H].[2H][2H].[2H][2H].[2H][2H].[2H][2H].[2H][2H].[2H][2H].[2H][2H].[2H][2H].[2H][2H].[2H][2H].[2H][2H].[2H][2H].[2H][2H].[2H][2H].[2H][2H].[2H][2H].[2H][2H].[2H][2H].[2H][2H].[2H][2H].[2H][2H].[2H][2H].[2H][2H].[2H][2H].[2H][2H].[2H][2H].[2H][2H].[2H][2H].[2H][2H].[2H][2H].[2H][2H].[2H][2H].[2H][2H].[2H][2H].[2H][2H].[B].[H-].[Na+]. The summed E-state index contributed by atoms with van der Waals surface area (Å²) in [6.45, 7) is 4.83. The van der Waals surface area contributed by atoms with Gasteiger partial charge in [0.05, 0.1) is 108 Å². The Kier molecular flexibility index (Phi) is 13.2. The molecule has 8 saturated carbocycles. The molecule has 3 N–H and O–H groups in total. The van der Waals surface area contributed by atoms with Gasteiger partial charge >= 0.3 is 41.5 Å². The van der Waals surface area contributed by atoms with Crippen molar-refractivity contribution in [3.05, 3.63) is 245 Å². The molecular formula is C99H262BCl4N7NaO11. The fourth-order valence-corrected chi connectivity index (χ4v) is 19.9. The second-order valence-corrected chi connectivity index (χ2v) is 35.9. The molecule has 18 rings (SSSR count). The van der Waals surface area contributed by atoms with Crippen LogP contribution >= 0.6 is 46.4 Å². The summed E-state index contributed by atoms with van der Waals surface area (Å²) in [6, 6.07) is 41.1. The zero-order valence-corrected chi connectivity index (χ0v) is 77.1. The number of ketones is 3. The van der Waals surface area contributed by atoms with Crippen LogP contribution in [0.2, 0.25) is 20.1 Å². The fourth-order valence-electron chi connectivity index (χ4n) is 18.8. The Morgan fingerprint density at radius 1 is 0.439 bits per heavy atom. The topological polar surface area (TPSA) is 238 Å². The van der Waals surface area contributed by atoms with Gasteiger partial charge in [0, 0.05) is 272 Å². The Hall–Kier alpha value is -7.95. The number of rotatable bonds is 22. The number of carbonyl (C=O) groups excluding carboxylic acids is 5. The number of esters is 2. The number of imidazole rings is 2. The van der Waals surface area contributed by atoms with Crippen molar-refractivity contribution < 1.29 is 303 Å². The van der Waals surface area contributed by atoms with E-state index in [9.17, 15) is 29.1 Å². The van der Waals surface area contributed by atoms with Crippen LogP contribution in [0.25, 0.3) is 11.0 Å². The molecule has 0 saturated heterocycles. The first-order valence-corrected chi connectivity index (χ1v) is 45.1. The molecule has 791 valence electrons. The van der Waals surface area contributed by atoms with Crippen LogP contribution in [-0.2, 0) is 27.3 Å². The fraction of sp³-hybridized carbons (Fsp3) is 0.465. The van der Waals surface area contributed by atoms with E-state index in [0.29, 0.717) is 103 Å². The maximum atomic E-state index is 13.6. The number of Topliss-reactive ketones (excluding diaryl/α,β-unsaturated/α-hetero) is 3. The van der Waals surface area contributed by atoms with Gasteiger partial charge in [0.15, 0.2) is 17.3 Å². The van der Waals surface area contributed by atoms with E-state index >= 15 is 0 Å². The van der Waals surface area contributed by atoms with E-state index in [1.165, 1.54) is 91.3 Å². The number of aryl methyl sites for hydroxylation is 1. The summed E-state index contributed by atoms with van der Waals surface area (Å²) in [7, 11) is 6.54. The van der Waals surface area contributed by atoms with Gasteiger partial charge in [0.25, 0.3) is 0 Å². The summed E-state index contributed by atoms with van der Waals surface area (Å²) in [6.07, 6.45) is 33.0. The summed E-state index contributed by atoms with van der Waals surface area (Å²) in [5, 5.41) is 14.0. The Bertz CT molecular complexity index is 5460. The molecule has 0 bridgehead atoms. The summed E-state index contributed by atoms with van der Waals surface area (Å²) in [5.74, 6) is 7.08. The van der Waals surface area contributed by atoms with E-state index in [-0.39, 0.29) is 74.6 Å². The molecule has 1 atom stereocenters. The minimum Gasteiger partial charge on any atom is -1.00 e. The van der Waals surface area contributed by atoms with Crippen LogP contribution in [-0.4, -0.2) is 100.0 Å². The van der Waals surface area contributed by atoms with Crippen LogP contribution in [0.3, 0.4) is 0 Å². The largest absolute Gasteiger partial charge is 1.00 e. The number of halogens is 4. The quantitative estimate of drug-likeness (QED) is 0.0278. The maximum absolute atomic E-state index is 13.6. The summed E-state index contributed by atoms with van der Waals surface area (Å²) in [4.78, 5) is 77.7. The molecule has 0 aliphatic heterocycles. The minimum atomic E-state index is -0.562. The van der Waals surface area contributed by atoms with Gasteiger partial charge in [-0.2, -0.15) is 0 Å². The van der Waals surface area contributed by atoms with E-state index in [2.05, 4.69) is 97.7 Å². The zero-order chi connectivity index (χ0) is 233. The Morgan fingerprint density at radius 2 is 0.756 bits per heavy atom. The van der Waals surface area contributed by atoms with Crippen LogP contribution in [0.1, 0.15) is 543 Å². The standard InChI is InChI=1S/C24H27ClN2O2.C24H25ClN2O2.C24H28ClNO2.C23H27ClN2O2.C4H6O3.B.Na.74H2.H/c2*1-29-22-11-8-18(12-21(22)25)15-2-6-17(7-3-15)24(28)23-20(16-4-5-16)10-9-19-13-26-14-27(19)23;1-3-19-11-12-20(16-6-7-16)23(26-19)24(27)17-8-4-15(5-9-17)18-10-13-22(28-2)21(25)14-18;1-28-21-11-8-17(12-20(21)24)14-2-6-16(7-3-14)23(27)22-19(15-4-5-15)10-9-18(13-25)26-22;1-3(5)7-4(2)6;;;;;;;;;;;;;;;;;;;;;;;;;;;;;;;;;;;;;;;;;;;;;;;;;;;;;;;;;;;;;;;;;;;;;;;;;;;;;/h8-17,24,28H,2-7H2,1H3;8-17H,2-7H2,1H3;10-17H,3-9H2,1-2H3;8-12,14-16H,2-7,13,25H2,1H3;1-2H3;;;74*1H;/q;;;;;;+1;;;;;;;;;;;;;;;;;;;;;;;;;;;;;;;;;;;;;;;;;;;;;;;;;;;;;;;;;;;;;;;;;;;;;;;;;;;-1/i;;;;;;;74*1+1D;. The normalized spacial score (nSPS) is 26.0. The van der Waals surface area contributed by atoms with Crippen molar-refractivity contribution in [1.29, 1.82) is 0 Å². The molecule has 4 aromatic carbocycles. The van der Waals surface area contributed by atoms with E-state index in [4.69, 9.17) is 296 Å². The van der Waals surface area contributed by atoms with Crippen molar-refractivity contribution >= 4 is 95.1 Å². The van der Waals surface area contributed by atoms with Crippen LogP contribution in [0.15, 0.2) is 146 Å². The molecule has 10 aromatic rings. The molecule has 8 fully saturated rings. The van der Waals surface area contributed by atoms with E-state index < -0.39 is 18.0 Å². The van der Waals surface area contributed by atoms with Gasteiger partial charge in [0.2, 0.25) is 0 Å². The van der Waals surface area contributed by atoms with Crippen LogP contribution in [0, 0.1) is 23.7 Å². The Balaban J connectivity index is -0.0000000276. The molecule has 1 unspecified atom stereocenters. The molecule has 0 amide bonds. The number of aliphatic hydroxyl groups is 1. The molecule has 8 aliphatic rings. The number of hydrogen-bond acceptors (Lipinski definition) is 16. The van der Waals surface area contributed by atoms with Crippen LogP contribution < -0.4 is 54.2 Å². The number of aromatic nitrogens is 6. The van der Waals surface area contributed by atoms with Gasteiger partial charge in [-0.25, -0.2) is 19.9 Å². The number of ether oxygens (including phenoxy) is 5. The van der Waals surface area contributed by atoms with Gasteiger partial charge in [-0.05, 0) is 331 Å². The third-order valence-electron chi connectivity index (χ3n) is 26.2. The van der Waals surface area contributed by atoms with Gasteiger partial charge in [0.1, 0.15) is 34.4 Å². The summed E-state index contributed by atoms with van der Waals surface area (Å²) >= 11 is 25.2. The number of methoxy groups -OCH3 is 4. The monoisotopic (exact) mass is 2050 g/mol. The van der Waals surface area contributed by atoms with Gasteiger partial charge in [-0.1, -0.05) is 102 Å². The number of benzene rings is 4. The average Bonchev–Trinajstić information content (AvgIpc) is 1.61. The molecule has 0 spiro atoms. The third-order valence-corrected chi connectivity index (χ3v) is 27.4. The molecule has 24 heteroatoms. The Labute approximate surface area is 997 Å². The number of nitrogens with zero attached hydrogens (tertiary/aromatic N) is 6. The van der Waals surface area contributed by atoms with Crippen LogP contribution in [0.4, 0.5) is 0 Å². The average molecular weight is 2050 g/mol. The smallest absolute Gasteiger partial charge is 1.00 e. The number of aliphatic hydroxyl groups excluding tert-OH is 1. The molecule has 8 aliphatic carbocycles. The predicted octanol–water partition coefficient (Wildman–Crippen LogP) is 38.5. The van der Waals surface area contributed by atoms with E-state index in [1.807, 2.05) is 77.7 Å². The molecule has 6 aromatic heterocycles.